The summed E-state index contributed by atoms with van der Waals surface area (Å²) in [5, 5.41) is 13.2. The molecule has 1 saturated carbocycles. The van der Waals surface area contributed by atoms with Gasteiger partial charge in [0.1, 0.15) is 0 Å². The first-order valence-electron chi connectivity index (χ1n) is 6.66. The number of rotatable bonds is 9. The van der Waals surface area contributed by atoms with Gasteiger partial charge in [-0.15, -0.1) is 0 Å². The molecule has 1 fully saturated rings. The average molecular weight is 229 g/mol. The zero-order chi connectivity index (χ0) is 12.0. The topological polar surface area (TPSA) is 41.5 Å². The fraction of sp³-hybridized carbons (Fsp3) is 1.00. The summed E-state index contributed by atoms with van der Waals surface area (Å²) in [7, 11) is 0. The second-order valence-electron chi connectivity index (χ2n) is 5.05. The van der Waals surface area contributed by atoms with Crippen LogP contribution in [0.2, 0.25) is 0 Å². The third kappa shape index (κ3) is 3.72. The minimum atomic E-state index is -0.181. The van der Waals surface area contributed by atoms with E-state index in [0.29, 0.717) is 12.5 Å². The second-order valence-corrected chi connectivity index (χ2v) is 5.05. The molecule has 0 bridgehead atoms. The van der Waals surface area contributed by atoms with Crippen molar-refractivity contribution in [3.05, 3.63) is 0 Å². The van der Waals surface area contributed by atoms with Crippen molar-refractivity contribution < 1.29 is 9.84 Å². The molecule has 0 saturated heterocycles. The Morgan fingerprint density at radius 3 is 2.56 bits per heavy atom. The predicted octanol–water partition coefficient (Wildman–Crippen LogP) is 1.94. The summed E-state index contributed by atoms with van der Waals surface area (Å²) in [4.78, 5) is 0. The summed E-state index contributed by atoms with van der Waals surface area (Å²) in [6, 6.07) is 0. The molecule has 3 nitrogen and oxygen atoms in total. The van der Waals surface area contributed by atoms with Gasteiger partial charge in [0.15, 0.2) is 0 Å². The van der Waals surface area contributed by atoms with E-state index in [1.165, 1.54) is 12.8 Å². The number of ether oxygens (including phenoxy) is 1. The zero-order valence-corrected chi connectivity index (χ0v) is 11.0. The van der Waals surface area contributed by atoms with E-state index in [1.54, 1.807) is 0 Å². The van der Waals surface area contributed by atoms with Crippen LogP contribution in [0.15, 0.2) is 0 Å². The largest absolute Gasteiger partial charge is 0.394 e. The van der Waals surface area contributed by atoms with Crippen LogP contribution in [-0.4, -0.2) is 36.5 Å². The van der Waals surface area contributed by atoms with Gasteiger partial charge in [-0.25, -0.2) is 0 Å². The van der Waals surface area contributed by atoms with Gasteiger partial charge < -0.3 is 15.2 Å². The van der Waals surface area contributed by atoms with E-state index in [1.807, 2.05) is 0 Å². The smallest absolute Gasteiger partial charge is 0.0679 e. The van der Waals surface area contributed by atoms with E-state index in [9.17, 15) is 5.11 Å². The van der Waals surface area contributed by atoms with Crippen LogP contribution in [0.25, 0.3) is 0 Å². The molecule has 0 heterocycles. The molecule has 2 atom stereocenters. The quantitative estimate of drug-likeness (QED) is 0.635. The normalized spacial score (nSPS) is 21.8. The van der Waals surface area contributed by atoms with E-state index >= 15 is 0 Å². The maximum Gasteiger partial charge on any atom is 0.0679 e. The van der Waals surface area contributed by atoms with Crippen LogP contribution in [0.3, 0.4) is 0 Å². The summed E-state index contributed by atoms with van der Waals surface area (Å²) >= 11 is 0. The molecular formula is C13H27NO2. The molecule has 3 heteroatoms. The van der Waals surface area contributed by atoms with Crippen LogP contribution in [0.1, 0.15) is 46.5 Å². The Bertz CT molecular complexity index is 194. The van der Waals surface area contributed by atoms with Crippen molar-refractivity contribution in [3.63, 3.8) is 0 Å². The van der Waals surface area contributed by atoms with Crippen LogP contribution in [0.4, 0.5) is 0 Å². The fourth-order valence-corrected chi connectivity index (χ4v) is 1.96. The Morgan fingerprint density at radius 2 is 2.12 bits per heavy atom. The third-order valence-electron chi connectivity index (χ3n) is 3.57. The van der Waals surface area contributed by atoms with E-state index < -0.39 is 0 Å². The monoisotopic (exact) mass is 229 g/mol. The van der Waals surface area contributed by atoms with Gasteiger partial charge in [0.2, 0.25) is 0 Å². The van der Waals surface area contributed by atoms with Crippen molar-refractivity contribution in [2.75, 3.05) is 19.8 Å². The Morgan fingerprint density at radius 1 is 1.44 bits per heavy atom. The predicted molar refractivity (Wildman–Crippen MR) is 66.5 cm³/mol. The molecule has 0 aromatic heterocycles. The summed E-state index contributed by atoms with van der Waals surface area (Å²) in [5.74, 6) is 0.605. The third-order valence-corrected chi connectivity index (χ3v) is 3.57. The SMILES string of the molecule is CCCNC(CO)(COC(C)CC)C1CC1. The summed E-state index contributed by atoms with van der Waals surface area (Å²) < 4.78 is 5.82. The molecule has 1 aliphatic carbocycles. The van der Waals surface area contributed by atoms with Gasteiger partial charge in [0.25, 0.3) is 0 Å². The van der Waals surface area contributed by atoms with Gasteiger partial charge in [0, 0.05) is 0 Å². The maximum atomic E-state index is 9.66. The molecule has 1 aliphatic rings. The minimum Gasteiger partial charge on any atom is -0.394 e. The molecular weight excluding hydrogens is 202 g/mol. The molecule has 0 amide bonds. The van der Waals surface area contributed by atoms with Crippen LogP contribution < -0.4 is 5.32 Å². The molecule has 0 aliphatic heterocycles. The van der Waals surface area contributed by atoms with Gasteiger partial charge in [-0.1, -0.05) is 13.8 Å². The molecule has 2 unspecified atom stereocenters. The number of hydrogen-bond acceptors (Lipinski definition) is 3. The molecule has 16 heavy (non-hydrogen) atoms. The Kier molecular flexibility index (Phi) is 5.73. The highest BCUT2D eigenvalue weighted by molar-refractivity contribution is 5.01. The van der Waals surface area contributed by atoms with Gasteiger partial charge in [-0.05, 0) is 45.1 Å². The summed E-state index contributed by atoms with van der Waals surface area (Å²) in [6.07, 6.45) is 4.85. The lowest BCUT2D eigenvalue weighted by atomic mass is 9.95. The Labute approximate surface area is 99.6 Å². The second kappa shape index (κ2) is 6.58. The molecule has 0 radical (unpaired) electrons. The van der Waals surface area contributed by atoms with E-state index in [0.717, 1.165) is 19.4 Å². The van der Waals surface area contributed by atoms with Crippen molar-refractivity contribution in [2.24, 2.45) is 5.92 Å². The number of hydrogen-bond donors (Lipinski definition) is 2. The van der Waals surface area contributed by atoms with Crippen LogP contribution in [0.5, 0.6) is 0 Å². The lowest BCUT2D eigenvalue weighted by Crippen LogP contribution is -2.55. The highest BCUT2D eigenvalue weighted by atomic mass is 16.5. The molecule has 1 rings (SSSR count). The fourth-order valence-electron chi connectivity index (χ4n) is 1.96. The summed E-state index contributed by atoms with van der Waals surface area (Å²) in [5.41, 5.74) is -0.181. The standard InChI is InChI=1S/C13H27NO2/c1-4-8-14-13(9-15,12-6-7-12)10-16-11(3)5-2/h11-12,14-15H,4-10H2,1-3H3. The molecule has 2 N–H and O–H groups in total. The number of nitrogens with one attached hydrogen (secondary N) is 1. The lowest BCUT2D eigenvalue weighted by molar-refractivity contribution is -0.0122. The average Bonchev–Trinajstić information content (AvgIpc) is 3.14. The Balaban J connectivity index is 2.47. The van der Waals surface area contributed by atoms with Crippen LogP contribution in [0, 0.1) is 5.92 Å². The molecule has 0 aromatic carbocycles. The van der Waals surface area contributed by atoms with Crippen molar-refractivity contribution >= 4 is 0 Å². The minimum absolute atomic E-state index is 0.181. The molecule has 0 aromatic rings. The first-order chi connectivity index (χ1) is 7.68. The lowest BCUT2D eigenvalue weighted by Gasteiger charge is -2.34. The highest BCUT2D eigenvalue weighted by Gasteiger charge is 2.44. The van der Waals surface area contributed by atoms with Crippen molar-refractivity contribution in [2.45, 2.75) is 58.1 Å². The van der Waals surface area contributed by atoms with E-state index in [2.05, 4.69) is 26.1 Å². The maximum absolute atomic E-state index is 9.66. The highest BCUT2D eigenvalue weighted by Crippen LogP contribution is 2.40. The van der Waals surface area contributed by atoms with E-state index in [4.69, 9.17) is 4.74 Å². The van der Waals surface area contributed by atoms with Crippen molar-refractivity contribution in [1.82, 2.24) is 5.32 Å². The first-order valence-corrected chi connectivity index (χ1v) is 6.66. The number of aliphatic hydroxyl groups is 1. The zero-order valence-electron chi connectivity index (χ0n) is 11.0. The van der Waals surface area contributed by atoms with Gasteiger partial charge in [-0.3, -0.25) is 0 Å². The molecule has 96 valence electrons. The van der Waals surface area contributed by atoms with Crippen LogP contribution in [-0.2, 0) is 4.74 Å². The van der Waals surface area contributed by atoms with Crippen molar-refractivity contribution in [3.8, 4) is 0 Å². The van der Waals surface area contributed by atoms with Gasteiger partial charge in [0.05, 0.1) is 24.9 Å². The van der Waals surface area contributed by atoms with E-state index in [-0.39, 0.29) is 18.2 Å². The van der Waals surface area contributed by atoms with Gasteiger partial charge >= 0.3 is 0 Å². The first kappa shape index (κ1) is 13.9. The summed E-state index contributed by atoms with van der Waals surface area (Å²) in [6.45, 7) is 8.16. The molecule has 0 spiro atoms. The van der Waals surface area contributed by atoms with Crippen molar-refractivity contribution in [1.29, 1.82) is 0 Å². The Hall–Kier alpha value is -0.120. The van der Waals surface area contributed by atoms with Gasteiger partial charge in [-0.2, -0.15) is 0 Å². The van der Waals surface area contributed by atoms with Crippen LogP contribution >= 0.6 is 0 Å². The number of aliphatic hydroxyl groups excluding tert-OH is 1.